The van der Waals surface area contributed by atoms with Crippen LogP contribution in [-0.2, 0) is 6.54 Å². The van der Waals surface area contributed by atoms with Crippen LogP contribution in [0, 0.1) is 0 Å². The lowest BCUT2D eigenvalue weighted by Gasteiger charge is -2.35. The van der Waals surface area contributed by atoms with Crippen molar-refractivity contribution in [1.29, 1.82) is 0 Å². The van der Waals surface area contributed by atoms with E-state index in [1.54, 1.807) is 21.3 Å². The average Bonchev–Trinajstić information content (AvgIpc) is 3.19. The molecule has 0 bridgehead atoms. The van der Waals surface area contributed by atoms with Gasteiger partial charge in [-0.3, -0.25) is 9.69 Å². The Balaban J connectivity index is 1.25. The highest BCUT2D eigenvalue weighted by Gasteiger charge is 2.29. The van der Waals surface area contributed by atoms with Crippen LogP contribution in [0.5, 0.6) is 17.2 Å². The highest BCUT2D eigenvalue weighted by Crippen LogP contribution is 2.43. The van der Waals surface area contributed by atoms with Crippen LogP contribution in [0.15, 0.2) is 54.6 Å². The summed E-state index contributed by atoms with van der Waals surface area (Å²) in [4.78, 5) is 17.5. The molecule has 35 heavy (non-hydrogen) atoms. The Morgan fingerprint density at radius 2 is 1.51 bits per heavy atom. The van der Waals surface area contributed by atoms with Gasteiger partial charge in [0, 0.05) is 38.3 Å². The van der Waals surface area contributed by atoms with Crippen molar-refractivity contribution >= 4 is 5.91 Å². The molecule has 0 aromatic heterocycles. The number of methoxy groups -OCH3 is 3. The van der Waals surface area contributed by atoms with Gasteiger partial charge >= 0.3 is 0 Å². The summed E-state index contributed by atoms with van der Waals surface area (Å²) < 4.78 is 16.4. The van der Waals surface area contributed by atoms with Crippen LogP contribution in [0.25, 0.3) is 11.1 Å². The molecular weight excluding hydrogens is 444 g/mol. The minimum Gasteiger partial charge on any atom is -0.493 e. The van der Waals surface area contributed by atoms with Crippen LogP contribution in [0.3, 0.4) is 0 Å². The number of nitrogens with zero attached hydrogens (tertiary/aromatic N) is 2. The Bertz CT molecular complexity index is 1220. The lowest BCUT2D eigenvalue weighted by atomic mass is 10.0. The fourth-order valence-corrected chi connectivity index (χ4v) is 5.09. The van der Waals surface area contributed by atoms with Crippen molar-refractivity contribution in [2.45, 2.75) is 12.6 Å². The molecule has 0 spiro atoms. The molecule has 7 heteroatoms. The third-order valence-corrected chi connectivity index (χ3v) is 6.93. The second-order valence-corrected chi connectivity index (χ2v) is 8.89. The maximum atomic E-state index is 13.3. The third kappa shape index (κ3) is 4.22. The molecule has 1 amide bonds. The van der Waals surface area contributed by atoms with Gasteiger partial charge in [0.15, 0.2) is 11.5 Å². The summed E-state index contributed by atoms with van der Waals surface area (Å²) in [5.74, 6) is 1.85. The monoisotopic (exact) mass is 474 g/mol. The molecule has 1 heterocycles. The van der Waals surface area contributed by atoms with E-state index in [1.807, 2.05) is 59.5 Å². The highest BCUT2D eigenvalue weighted by atomic mass is 16.5. The molecule has 1 saturated heterocycles. The summed E-state index contributed by atoms with van der Waals surface area (Å²) >= 11 is 0. The largest absolute Gasteiger partial charge is 0.493 e. The van der Waals surface area contributed by atoms with Crippen molar-refractivity contribution in [2.24, 2.45) is 0 Å². The van der Waals surface area contributed by atoms with Crippen molar-refractivity contribution in [3.63, 3.8) is 0 Å². The lowest BCUT2D eigenvalue weighted by molar-refractivity contribution is 0.0628. The Morgan fingerprint density at radius 3 is 2.17 bits per heavy atom. The Morgan fingerprint density at radius 1 is 0.857 bits per heavy atom. The molecule has 0 saturated carbocycles. The number of carbonyl (C=O) groups excluding carboxylic acids is 1. The molecule has 1 N–H and O–H groups in total. The van der Waals surface area contributed by atoms with Crippen LogP contribution < -0.4 is 14.2 Å². The van der Waals surface area contributed by atoms with Crippen molar-refractivity contribution < 1.29 is 24.1 Å². The molecule has 0 radical (unpaired) electrons. The van der Waals surface area contributed by atoms with Gasteiger partial charge in [-0.1, -0.05) is 30.3 Å². The second kappa shape index (κ2) is 9.60. The summed E-state index contributed by atoms with van der Waals surface area (Å²) in [6, 6.07) is 17.5. The number of hydrogen-bond donors (Lipinski definition) is 1. The standard InChI is InChI=1S/C28H30N2O5/c1-33-24-14-18(15-25(34-2)27(24)35-3)17-29-10-12-30(13-11-29)28(32)19-8-9-21-20-6-4-5-7-22(20)26(31)23(21)16-19/h4-9,14-16,26,31H,10-13,17H2,1-3H3. The van der Waals surface area contributed by atoms with Gasteiger partial charge in [0.25, 0.3) is 5.91 Å². The number of benzene rings is 3. The Kier molecular flexibility index (Phi) is 6.36. The van der Waals surface area contributed by atoms with E-state index < -0.39 is 6.10 Å². The van der Waals surface area contributed by atoms with Gasteiger partial charge in [0.05, 0.1) is 21.3 Å². The molecule has 182 valence electrons. The van der Waals surface area contributed by atoms with Crippen LogP contribution in [-0.4, -0.2) is 68.3 Å². The molecule has 1 aliphatic heterocycles. The van der Waals surface area contributed by atoms with Crippen LogP contribution in [0.1, 0.15) is 33.2 Å². The fourth-order valence-electron chi connectivity index (χ4n) is 5.09. The highest BCUT2D eigenvalue weighted by molar-refractivity contribution is 5.96. The van der Waals surface area contributed by atoms with Gasteiger partial charge in [0.2, 0.25) is 5.75 Å². The summed E-state index contributed by atoms with van der Waals surface area (Å²) in [6.45, 7) is 3.54. The third-order valence-electron chi connectivity index (χ3n) is 6.93. The van der Waals surface area contributed by atoms with E-state index in [4.69, 9.17) is 14.2 Å². The molecule has 3 aromatic rings. The molecular formula is C28H30N2O5. The smallest absolute Gasteiger partial charge is 0.253 e. The summed E-state index contributed by atoms with van der Waals surface area (Å²) in [7, 11) is 4.82. The minimum atomic E-state index is -0.690. The van der Waals surface area contributed by atoms with E-state index in [2.05, 4.69) is 4.90 Å². The number of hydrogen-bond acceptors (Lipinski definition) is 6. The van der Waals surface area contributed by atoms with Crippen molar-refractivity contribution in [3.8, 4) is 28.4 Å². The van der Waals surface area contributed by atoms with E-state index in [0.717, 1.165) is 47.5 Å². The lowest BCUT2D eigenvalue weighted by Crippen LogP contribution is -2.48. The van der Waals surface area contributed by atoms with Gasteiger partial charge in [-0.05, 0) is 52.1 Å². The molecule has 1 unspecified atom stereocenters. The zero-order valence-corrected chi connectivity index (χ0v) is 20.3. The zero-order chi connectivity index (χ0) is 24.5. The van der Waals surface area contributed by atoms with Gasteiger partial charge in [-0.2, -0.15) is 0 Å². The number of carbonyl (C=O) groups is 1. The van der Waals surface area contributed by atoms with Gasteiger partial charge < -0.3 is 24.2 Å². The van der Waals surface area contributed by atoms with E-state index in [1.165, 1.54) is 0 Å². The van der Waals surface area contributed by atoms with E-state index in [-0.39, 0.29) is 5.91 Å². The number of rotatable bonds is 6. The first-order valence-electron chi connectivity index (χ1n) is 11.8. The molecule has 5 rings (SSSR count). The Hall–Kier alpha value is -3.55. The van der Waals surface area contributed by atoms with Crippen molar-refractivity contribution in [2.75, 3.05) is 47.5 Å². The normalized spacial score (nSPS) is 17.0. The predicted molar refractivity (Wildman–Crippen MR) is 133 cm³/mol. The topological polar surface area (TPSA) is 71.5 Å². The molecule has 1 fully saturated rings. The first-order chi connectivity index (χ1) is 17.0. The van der Waals surface area contributed by atoms with E-state index in [9.17, 15) is 9.90 Å². The summed E-state index contributed by atoms with van der Waals surface area (Å²) in [5.41, 5.74) is 5.42. The minimum absolute atomic E-state index is 0.00314. The summed E-state index contributed by atoms with van der Waals surface area (Å²) in [6.07, 6.45) is -0.690. The quantitative estimate of drug-likeness (QED) is 0.587. The summed E-state index contributed by atoms with van der Waals surface area (Å²) in [5, 5.41) is 10.8. The molecule has 7 nitrogen and oxygen atoms in total. The van der Waals surface area contributed by atoms with Gasteiger partial charge in [-0.15, -0.1) is 0 Å². The SMILES string of the molecule is COc1cc(CN2CCN(C(=O)c3ccc4c(c3)C(O)c3ccccc3-4)CC2)cc(OC)c1OC. The average molecular weight is 475 g/mol. The first-order valence-corrected chi connectivity index (χ1v) is 11.8. The maximum Gasteiger partial charge on any atom is 0.253 e. The Labute approximate surface area is 205 Å². The first kappa shape index (κ1) is 23.2. The van der Waals surface area contributed by atoms with E-state index >= 15 is 0 Å². The number of piperazine rings is 1. The van der Waals surface area contributed by atoms with Crippen molar-refractivity contribution in [3.05, 3.63) is 76.9 Å². The fraction of sp³-hybridized carbons (Fsp3) is 0.321. The van der Waals surface area contributed by atoms with Crippen LogP contribution in [0.2, 0.25) is 0 Å². The van der Waals surface area contributed by atoms with Gasteiger partial charge in [0.1, 0.15) is 6.10 Å². The number of amides is 1. The van der Waals surface area contributed by atoms with Crippen molar-refractivity contribution in [1.82, 2.24) is 9.80 Å². The number of fused-ring (bicyclic) bond motifs is 3. The maximum absolute atomic E-state index is 13.3. The zero-order valence-electron chi connectivity index (χ0n) is 20.3. The van der Waals surface area contributed by atoms with Crippen LogP contribution >= 0.6 is 0 Å². The molecule has 1 aliphatic carbocycles. The molecule has 3 aromatic carbocycles. The van der Waals surface area contributed by atoms with E-state index in [0.29, 0.717) is 35.9 Å². The number of aliphatic hydroxyl groups is 1. The predicted octanol–water partition coefficient (Wildman–Crippen LogP) is 3.73. The number of aliphatic hydroxyl groups excluding tert-OH is 1. The molecule has 2 aliphatic rings. The molecule has 1 atom stereocenters. The van der Waals surface area contributed by atoms with Gasteiger partial charge in [-0.25, -0.2) is 0 Å². The van der Waals surface area contributed by atoms with Crippen LogP contribution in [0.4, 0.5) is 0 Å². The number of ether oxygens (including phenoxy) is 3. The second-order valence-electron chi connectivity index (χ2n) is 8.89.